The van der Waals surface area contributed by atoms with E-state index in [1.165, 1.54) is 10.4 Å². The fourth-order valence-electron chi connectivity index (χ4n) is 3.03. The summed E-state index contributed by atoms with van der Waals surface area (Å²) in [5, 5.41) is 9.31. The Bertz CT molecular complexity index is 808. The van der Waals surface area contributed by atoms with Gasteiger partial charge in [-0.15, -0.1) is 11.3 Å². The first-order chi connectivity index (χ1) is 11.8. The molecule has 3 aromatic rings. The Morgan fingerprint density at radius 2 is 2.17 bits per heavy atom. The van der Waals surface area contributed by atoms with Gasteiger partial charge in [0.15, 0.2) is 5.82 Å². The molecule has 0 saturated carbocycles. The molecule has 1 aliphatic heterocycles. The zero-order chi connectivity index (χ0) is 16.4. The molecule has 6 heteroatoms. The third-order valence-electron chi connectivity index (χ3n) is 4.36. The second-order valence-corrected chi connectivity index (χ2v) is 7.21. The molecule has 24 heavy (non-hydrogen) atoms. The largest absolute Gasteiger partial charge is 0.307 e. The molecule has 0 fully saturated rings. The fourth-order valence-corrected chi connectivity index (χ4v) is 3.89. The van der Waals surface area contributed by atoms with Crippen molar-refractivity contribution in [3.63, 3.8) is 0 Å². The molecule has 0 radical (unpaired) electrons. The summed E-state index contributed by atoms with van der Waals surface area (Å²) in [6.45, 7) is 3.87. The summed E-state index contributed by atoms with van der Waals surface area (Å²) in [7, 11) is 0. The molecule has 0 aliphatic carbocycles. The Morgan fingerprint density at radius 3 is 3.00 bits per heavy atom. The number of fused-ring (bicyclic) bond motifs is 1. The Kier molecular flexibility index (Phi) is 4.40. The Labute approximate surface area is 145 Å². The van der Waals surface area contributed by atoms with Gasteiger partial charge in [0.2, 0.25) is 0 Å². The molecule has 0 saturated heterocycles. The van der Waals surface area contributed by atoms with Gasteiger partial charge in [-0.2, -0.15) is 5.10 Å². The zero-order valence-corrected chi connectivity index (χ0v) is 14.6. The van der Waals surface area contributed by atoms with Crippen LogP contribution in [0, 0.1) is 0 Å². The molecule has 4 rings (SSSR count). The van der Waals surface area contributed by atoms with Gasteiger partial charge in [0.05, 0.1) is 6.54 Å². The van der Waals surface area contributed by atoms with E-state index < -0.39 is 0 Å². The summed E-state index contributed by atoms with van der Waals surface area (Å²) in [5.74, 6) is 2.09. The van der Waals surface area contributed by atoms with Crippen LogP contribution in [0.3, 0.4) is 0 Å². The topological polar surface area (TPSA) is 55.6 Å². The van der Waals surface area contributed by atoms with E-state index in [0.29, 0.717) is 6.04 Å². The molecular formula is C18H21N5S. The normalized spacial score (nSPS) is 17.0. The molecular weight excluding hydrogens is 318 g/mol. The number of nitrogens with one attached hydrogen (secondary N) is 1. The molecule has 5 nitrogen and oxygen atoms in total. The highest BCUT2D eigenvalue weighted by atomic mass is 32.1. The number of benzene rings is 1. The fraction of sp³-hybridized carbons (Fsp3) is 0.389. The van der Waals surface area contributed by atoms with Crippen molar-refractivity contribution in [3.05, 3.63) is 53.1 Å². The average molecular weight is 339 g/mol. The lowest BCUT2D eigenvalue weighted by Gasteiger charge is -2.23. The molecule has 0 unspecified atom stereocenters. The minimum atomic E-state index is 0.450. The van der Waals surface area contributed by atoms with E-state index in [1.54, 1.807) is 11.3 Å². The Balaban J connectivity index is 1.37. The van der Waals surface area contributed by atoms with E-state index in [1.807, 2.05) is 12.3 Å². The minimum absolute atomic E-state index is 0.450. The minimum Gasteiger partial charge on any atom is -0.307 e. The number of hydrogen-bond acceptors (Lipinski definition) is 5. The van der Waals surface area contributed by atoms with Crippen molar-refractivity contribution in [1.82, 2.24) is 25.1 Å². The first kappa shape index (κ1) is 15.5. The van der Waals surface area contributed by atoms with Crippen LogP contribution in [-0.4, -0.2) is 25.8 Å². The highest BCUT2D eigenvalue weighted by Gasteiger charge is 2.21. The van der Waals surface area contributed by atoms with Crippen LogP contribution in [0.1, 0.15) is 29.9 Å². The van der Waals surface area contributed by atoms with Gasteiger partial charge in [0.1, 0.15) is 10.8 Å². The van der Waals surface area contributed by atoms with Crippen LogP contribution < -0.4 is 5.32 Å². The molecule has 2 aromatic heterocycles. The lowest BCUT2D eigenvalue weighted by atomic mass is 10.1. The number of rotatable bonds is 5. The predicted molar refractivity (Wildman–Crippen MR) is 95.9 cm³/mol. The first-order valence-corrected chi connectivity index (χ1v) is 9.29. The first-order valence-electron chi connectivity index (χ1n) is 8.48. The van der Waals surface area contributed by atoms with E-state index in [4.69, 9.17) is 0 Å². The van der Waals surface area contributed by atoms with E-state index in [2.05, 4.69) is 56.3 Å². The Morgan fingerprint density at radius 1 is 1.29 bits per heavy atom. The summed E-state index contributed by atoms with van der Waals surface area (Å²) < 4.78 is 2.07. The van der Waals surface area contributed by atoms with Crippen LogP contribution in [-0.2, 0) is 25.9 Å². The second-order valence-electron chi connectivity index (χ2n) is 6.09. The summed E-state index contributed by atoms with van der Waals surface area (Å²) in [5.41, 5.74) is 1.19. The SMILES string of the molecule is CCc1nc2n(n1)C[C@H](NCc1cnc(-c3ccccc3)s1)CC2. The maximum absolute atomic E-state index is 4.58. The van der Waals surface area contributed by atoms with Crippen molar-refractivity contribution in [2.45, 2.75) is 45.3 Å². The highest BCUT2D eigenvalue weighted by Crippen LogP contribution is 2.25. The van der Waals surface area contributed by atoms with Crippen molar-refractivity contribution in [2.24, 2.45) is 0 Å². The van der Waals surface area contributed by atoms with Gasteiger partial charge < -0.3 is 5.32 Å². The summed E-state index contributed by atoms with van der Waals surface area (Å²) in [4.78, 5) is 10.4. The van der Waals surface area contributed by atoms with Gasteiger partial charge in [-0.1, -0.05) is 37.3 Å². The number of hydrogen-bond donors (Lipinski definition) is 1. The third kappa shape index (κ3) is 3.25. The van der Waals surface area contributed by atoms with Crippen LogP contribution in [0.5, 0.6) is 0 Å². The molecule has 1 N–H and O–H groups in total. The molecule has 0 bridgehead atoms. The summed E-state index contributed by atoms with van der Waals surface area (Å²) >= 11 is 1.76. The van der Waals surface area contributed by atoms with Crippen LogP contribution in [0.2, 0.25) is 0 Å². The molecule has 3 heterocycles. The lowest BCUT2D eigenvalue weighted by Crippen LogP contribution is -2.37. The molecule has 1 aliphatic rings. The molecule has 0 amide bonds. The summed E-state index contributed by atoms with van der Waals surface area (Å²) in [6, 6.07) is 10.8. The van der Waals surface area contributed by atoms with Crippen molar-refractivity contribution in [2.75, 3.05) is 0 Å². The van der Waals surface area contributed by atoms with Crippen LogP contribution >= 0.6 is 11.3 Å². The summed E-state index contributed by atoms with van der Waals surface area (Å²) in [6.07, 6.45) is 5.01. The van der Waals surface area contributed by atoms with Gasteiger partial charge in [-0.3, -0.25) is 0 Å². The standard InChI is InChI=1S/C18H21N5S/c1-2-16-21-17-9-8-14(12-23(17)22-16)19-10-15-11-20-18(24-15)13-6-4-3-5-7-13/h3-7,11,14,19H,2,8-10,12H2,1H3/t14-/m1/s1. The maximum Gasteiger partial charge on any atom is 0.150 e. The second kappa shape index (κ2) is 6.83. The van der Waals surface area contributed by atoms with E-state index in [-0.39, 0.29) is 0 Å². The van der Waals surface area contributed by atoms with Gasteiger partial charge in [0.25, 0.3) is 0 Å². The number of thiazole rings is 1. The molecule has 1 atom stereocenters. The molecule has 124 valence electrons. The quantitative estimate of drug-likeness (QED) is 0.776. The predicted octanol–water partition coefficient (Wildman–Crippen LogP) is 3.07. The van der Waals surface area contributed by atoms with Crippen LogP contribution in [0.4, 0.5) is 0 Å². The van der Waals surface area contributed by atoms with Crippen molar-refractivity contribution in [3.8, 4) is 10.6 Å². The Hall–Kier alpha value is -2.05. The van der Waals surface area contributed by atoms with Gasteiger partial charge in [0, 0.05) is 42.1 Å². The lowest BCUT2D eigenvalue weighted by molar-refractivity contribution is 0.358. The average Bonchev–Trinajstić information content (AvgIpc) is 3.27. The van der Waals surface area contributed by atoms with E-state index >= 15 is 0 Å². The van der Waals surface area contributed by atoms with Crippen molar-refractivity contribution >= 4 is 11.3 Å². The van der Waals surface area contributed by atoms with Gasteiger partial charge in [-0.05, 0) is 6.42 Å². The monoisotopic (exact) mass is 339 g/mol. The van der Waals surface area contributed by atoms with E-state index in [0.717, 1.165) is 49.0 Å². The maximum atomic E-state index is 4.58. The highest BCUT2D eigenvalue weighted by molar-refractivity contribution is 7.15. The zero-order valence-electron chi connectivity index (χ0n) is 13.8. The molecule has 1 aromatic carbocycles. The van der Waals surface area contributed by atoms with Crippen LogP contribution in [0.15, 0.2) is 36.5 Å². The van der Waals surface area contributed by atoms with Crippen molar-refractivity contribution in [1.29, 1.82) is 0 Å². The number of aryl methyl sites for hydroxylation is 2. The van der Waals surface area contributed by atoms with E-state index in [9.17, 15) is 0 Å². The smallest absolute Gasteiger partial charge is 0.150 e. The van der Waals surface area contributed by atoms with Crippen LogP contribution in [0.25, 0.3) is 10.6 Å². The van der Waals surface area contributed by atoms with Gasteiger partial charge >= 0.3 is 0 Å². The third-order valence-corrected chi connectivity index (χ3v) is 5.40. The van der Waals surface area contributed by atoms with Gasteiger partial charge in [-0.25, -0.2) is 14.6 Å². The number of aromatic nitrogens is 4. The van der Waals surface area contributed by atoms with Crippen molar-refractivity contribution < 1.29 is 0 Å². The number of nitrogens with zero attached hydrogens (tertiary/aromatic N) is 4. The molecule has 0 spiro atoms.